The Morgan fingerprint density at radius 2 is 2.27 bits per heavy atom. The minimum absolute atomic E-state index is 0.154. The van der Waals surface area contributed by atoms with Crippen LogP contribution in [0.2, 0.25) is 5.02 Å². The van der Waals surface area contributed by atoms with Crippen LogP contribution in [0.25, 0.3) is 0 Å². The van der Waals surface area contributed by atoms with Gasteiger partial charge >= 0.3 is 5.97 Å². The number of likely N-dealkylation sites (tertiary alicyclic amines) is 1. The van der Waals surface area contributed by atoms with Crippen molar-refractivity contribution in [2.75, 3.05) is 25.5 Å². The van der Waals surface area contributed by atoms with Crippen molar-refractivity contribution >= 4 is 29.2 Å². The Bertz CT molecular complexity index is 564. The fourth-order valence-electron chi connectivity index (χ4n) is 2.59. The van der Waals surface area contributed by atoms with E-state index in [2.05, 4.69) is 5.32 Å². The average molecular weight is 327 g/mol. The smallest absolute Gasteiger partial charge is 0.326 e. The first kappa shape index (κ1) is 16.4. The normalized spacial score (nSPS) is 17.4. The Balaban J connectivity index is 1.90. The second-order valence-electron chi connectivity index (χ2n) is 5.10. The number of anilines is 1. The van der Waals surface area contributed by atoms with E-state index in [1.807, 2.05) is 0 Å². The first-order valence-electron chi connectivity index (χ1n) is 7.12. The summed E-state index contributed by atoms with van der Waals surface area (Å²) in [7, 11) is 1.56. The summed E-state index contributed by atoms with van der Waals surface area (Å²) in [5.41, 5.74) is 0.707. The number of carboxylic acids is 1. The van der Waals surface area contributed by atoms with Crippen molar-refractivity contribution in [3.05, 3.63) is 23.2 Å². The molecule has 0 spiro atoms. The van der Waals surface area contributed by atoms with Gasteiger partial charge in [0.1, 0.15) is 11.8 Å². The molecule has 1 aromatic rings. The summed E-state index contributed by atoms with van der Waals surface area (Å²) in [6.07, 6.45) is 1.48. The number of nitrogens with one attached hydrogen (secondary N) is 1. The molecule has 1 amide bonds. The highest BCUT2D eigenvalue weighted by atomic mass is 35.5. The van der Waals surface area contributed by atoms with Gasteiger partial charge in [0.25, 0.3) is 0 Å². The summed E-state index contributed by atoms with van der Waals surface area (Å²) >= 11 is 5.94. The number of aliphatic carboxylic acids is 1. The van der Waals surface area contributed by atoms with Gasteiger partial charge in [0, 0.05) is 24.5 Å². The number of hydrogen-bond donors (Lipinski definition) is 2. The molecular weight excluding hydrogens is 308 g/mol. The van der Waals surface area contributed by atoms with Crippen LogP contribution in [0.15, 0.2) is 18.2 Å². The van der Waals surface area contributed by atoms with Crippen molar-refractivity contribution in [3.63, 3.8) is 0 Å². The Morgan fingerprint density at radius 3 is 2.95 bits per heavy atom. The molecule has 0 bridgehead atoms. The molecule has 0 aliphatic carbocycles. The van der Waals surface area contributed by atoms with Gasteiger partial charge in [0.05, 0.1) is 12.8 Å². The van der Waals surface area contributed by atoms with E-state index in [1.54, 1.807) is 25.3 Å². The van der Waals surface area contributed by atoms with Crippen LogP contribution in [-0.4, -0.2) is 48.1 Å². The third-order valence-corrected chi connectivity index (χ3v) is 3.91. The van der Waals surface area contributed by atoms with Gasteiger partial charge in [-0.25, -0.2) is 4.79 Å². The number of ether oxygens (including phenoxy) is 1. The van der Waals surface area contributed by atoms with Gasteiger partial charge in [-0.05, 0) is 31.0 Å². The number of benzene rings is 1. The molecule has 6 nitrogen and oxygen atoms in total. The van der Waals surface area contributed by atoms with Crippen molar-refractivity contribution in [3.8, 4) is 5.75 Å². The van der Waals surface area contributed by atoms with Gasteiger partial charge in [0.2, 0.25) is 5.91 Å². The summed E-state index contributed by atoms with van der Waals surface area (Å²) < 4.78 is 5.21. The van der Waals surface area contributed by atoms with Crippen molar-refractivity contribution in [1.82, 2.24) is 4.90 Å². The van der Waals surface area contributed by atoms with E-state index in [4.69, 9.17) is 21.4 Å². The summed E-state index contributed by atoms with van der Waals surface area (Å²) in [6.45, 7) is 0.897. The molecule has 0 saturated carbocycles. The second kappa shape index (κ2) is 7.35. The number of nitrogens with zero attached hydrogens (tertiary/aromatic N) is 1. The van der Waals surface area contributed by atoms with Crippen molar-refractivity contribution < 1.29 is 19.4 Å². The Hall–Kier alpha value is -1.95. The highest BCUT2D eigenvalue weighted by Gasteiger charge is 2.33. The van der Waals surface area contributed by atoms with E-state index in [-0.39, 0.29) is 12.3 Å². The van der Waals surface area contributed by atoms with E-state index >= 15 is 0 Å². The van der Waals surface area contributed by atoms with Crippen molar-refractivity contribution in [1.29, 1.82) is 0 Å². The fourth-order valence-corrected chi connectivity index (χ4v) is 2.76. The zero-order valence-corrected chi connectivity index (χ0v) is 13.1. The fraction of sp³-hybridized carbons (Fsp3) is 0.467. The molecule has 1 saturated heterocycles. The molecule has 1 aromatic carbocycles. The van der Waals surface area contributed by atoms with E-state index < -0.39 is 12.0 Å². The second-order valence-corrected chi connectivity index (χ2v) is 5.54. The number of carboxylic acid groups (broad SMARTS) is 1. The molecular formula is C15H19ClN2O4. The van der Waals surface area contributed by atoms with E-state index in [0.717, 1.165) is 6.42 Å². The summed E-state index contributed by atoms with van der Waals surface area (Å²) in [6, 6.07) is 4.50. The number of halogens is 1. The van der Waals surface area contributed by atoms with Crippen LogP contribution < -0.4 is 10.1 Å². The topological polar surface area (TPSA) is 78.9 Å². The standard InChI is InChI=1S/C15H19ClN2O4/c1-22-13-5-4-10(16)9-11(13)17-7-6-14(19)18-8-2-3-12(18)15(20)21/h4-5,9,12,17H,2-3,6-8H2,1H3,(H,20,21)/t12-/m1/s1. The quantitative estimate of drug-likeness (QED) is 0.838. The maximum atomic E-state index is 12.1. The first-order valence-corrected chi connectivity index (χ1v) is 7.50. The molecule has 0 aromatic heterocycles. The highest BCUT2D eigenvalue weighted by Crippen LogP contribution is 2.27. The van der Waals surface area contributed by atoms with Gasteiger partial charge in [-0.3, -0.25) is 4.79 Å². The molecule has 1 aliphatic rings. The molecule has 1 atom stereocenters. The lowest BCUT2D eigenvalue weighted by molar-refractivity contribution is -0.148. The lowest BCUT2D eigenvalue weighted by atomic mass is 10.2. The van der Waals surface area contributed by atoms with Gasteiger partial charge < -0.3 is 20.1 Å². The lowest BCUT2D eigenvalue weighted by Crippen LogP contribution is -2.40. The van der Waals surface area contributed by atoms with Crippen LogP contribution in [0.1, 0.15) is 19.3 Å². The van der Waals surface area contributed by atoms with E-state index in [1.165, 1.54) is 4.90 Å². The third kappa shape index (κ3) is 3.82. The molecule has 22 heavy (non-hydrogen) atoms. The molecule has 7 heteroatoms. The SMILES string of the molecule is COc1ccc(Cl)cc1NCCC(=O)N1CCC[C@@H]1C(=O)O. The Kier molecular flexibility index (Phi) is 5.49. The zero-order valence-electron chi connectivity index (χ0n) is 12.3. The molecule has 0 radical (unpaired) electrons. The maximum absolute atomic E-state index is 12.1. The minimum Gasteiger partial charge on any atom is -0.495 e. The van der Waals surface area contributed by atoms with Gasteiger partial charge in [0.15, 0.2) is 0 Å². The van der Waals surface area contributed by atoms with Crippen LogP contribution in [0.4, 0.5) is 5.69 Å². The summed E-state index contributed by atoms with van der Waals surface area (Å²) in [5.74, 6) is -0.449. The molecule has 2 rings (SSSR count). The molecule has 0 unspecified atom stereocenters. The number of carbonyl (C=O) groups excluding carboxylic acids is 1. The molecule has 2 N–H and O–H groups in total. The first-order chi connectivity index (χ1) is 10.5. The van der Waals surface area contributed by atoms with E-state index in [9.17, 15) is 9.59 Å². The minimum atomic E-state index is -0.935. The molecule has 1 fully saturated rings. The number of hydrogen-bond acceptors (Lipinski definition) is 4. The maximum Gasteiger partial charge on any atom is 0.326 e. The summed E-state index contributed by atoms with van der Waals surface area (Å²) in [4.78, 5) is 24.7. The van der Waals surface area contributed by atoms with Gasteiger partial charge in [-0.15, -0.1) is 0 Å². The highest BCUT2D eigenvalue weighted by molar-refractivity contribution is 6.30. The van der Waals surface area contributed by atoms with Crippen LogP contribution >= 0.6 is 11.6 Å². The Morgan fingerprint density at radius 1 is 1.50 bits per heavy atom. The van der Waals surface area contributed by atoms with Gasteiger partial charge in [-0.1, -0.05) is 11.6 Å². The molecule has 1 aliphatic heterocycles. The van der Waals surface area contributed by atoms with E-state index in [0.29, 0.717) is 36.0 Å². The molecule has 120 valence electrons. The predicted molar refractivity (Wildman–Crippen MR) is 83.5 cm³/mol. The number of carbonyl (C=O) groups is 2. The lowest BCUT2D eigenvalue weighted by Gasteiger charge is -2.21. The average Bonchev–Trinajstić information content (AvgIpc) is 2.97. The van der Waals surface area contributed by atoms with Crippen LogP contribution in [0.3, 0.4) is 0 Å². The van der Waals surface area contributed by atoms with Gasteiger partial charge in [-0.2, -0.15) is 0 Å². The van der Waals surface area contributed by atoms with Crippen molar-refractivity contribution in [2.24, 2.45) is 0 Å². The molecule has 1 heterocycles. The van der Waals surface area contributed by atoms with Crippen LogP contribution in [-0.2, 0) is 9.59 Å². The number of amides is 1. The largest absolute Gasteiger partial charge is 0.495 e. The zero-order chi connectivity index (χ0) is 16.1. The Labute approximate surface area is 134 Å². The number of rotatable bonds is 6. The number of methoxy groups -OCH3 is 1. The van der Waals surface area contributed by atoms with Crippen LogP contribution in [0.5, 0.6) is 5.75 Å². The van der Waals surface area contributed by atoms with Crippen molar-refractivity contribution in [2.45, 2.75) is 25.3 Å². The monoisotopic (exact) mass is 326 g/mol. The third-order valence-electron chi connectivity index (χ3n) is 3.67. The van der Waals surface area contributed by atoms with Crippen LogP contribution in [0, 0.1) is 0 Å². The predicted octanol–water partition coefficient (Wildman–Crippen LogP) is 2.23. The summed E-state index contributed by atoms with van der Waals surface area (Å²) in [5, 5.41) is 12.8.